The molecule has 1 aliphatic heterocycles. The highest BCUT2D eigenvalue weighted by atomic mass is 16.6. The monoisotopic (exact) mass is 406 g/mol. The molecular weight excluding hydrogens is 384 g/mol. The van der Waals surface area contributed by atoms with E-state index >= 15 is 0 Å². The number of aromatic amines is 1. The van der Waals surface area contributed by atoms with Gasteiger partial charge < -0.3 is 19.8 Å². The van der Waals surface area contributed by atoms with Crippen LogP contribution < -0.4 is 20.3 Å². The number of carbonyl (C=O) groups excluding carboxylic acids is 1. The van der Waals surface area contributed by atoms with Crippen LogP contribution in [0.3, 0.4) is 0 Å². The minimum Gasteiger partial charge on any atom is -0.486 e. The van der Waals surface area contributed by atoms with Gasteiger partial charge in [0.1, 0.15) is 18.4 Å². The Morgan fingerprint density at radius 3 is 2.77 bits per heavy atom. The highest BCUT2D eigenvalue weighted by Gasteiger charge is 2.21. The molecule has 0 saturated heterocycles. The average molecular weight is 406 g/mol. The lowest BCUT2D eigenvalue weighted by Crippen LogP contribution is -2.40. The van der Waals surface area contributed by atoms with Crippen molar-refractivity contribution in [3.05, 3.63) is 70.3 Å². The number of benzene rings is 1. The van der Waals surface area contributed by atoms with E-state index in [-0.39, 0.29) is 24.0 Å². The molecule has 0 unspecified atom stereocenters. The molecule has 3 heterocycles. The van der Waals surface area contributed by atoms with Crippen LogP contribution in [0.2, 0.25) is 0 Å². The minimum atomic E-state index is -0.256. The molecule has 0 radical (unpaired) electrons. The lowest BCUT2D eigenvalue weighted by atomic mass is 10.1. The van der Waals surface area contributed by atoms with E-state index in [0.717, 1.165) is 0 Å². The summed E-state index contributed by atoms with van der Waals surface area (Å²) in [5.41, 5.74) is 1.43. The van der Waals surface area contributed by atoms with Crippen molar-refractivity contribution in [3.63, 3.8) is 0 Å². The van der Waals surface area contributed by atoms with Crippen molar-refractivity contribution in [2.75, 3.05) is 13.2 Å². The Morgan fingerprint density at radius 2 is 2.00 bits per heavy atom. The molecule has 1 atom stereocenters. The lowest BCUT2D eigenvalue weighted by molar-refractivity contribution is -0.121. The second-order valence-electron chi connectivity index (χ2n) is 7.00. The smallest absolute Gasteiger partial charge is 0.254 e. The maximum absolute atomic E-state index is 12.5. The first-order valence-electron chi connectivity index (χ1n) is 9.76. The predicted octanol–water partition coefficient (Wildman–Crippen LogP) is 2.03. The van der Waals surface area contributed by atoms with Crippen LogP contribution in [0.25, 0.3) is 11.5 Å². The summed E-state index contributed by atoms with van der Waals surface area (Å²) in [6, 6.07) is 12.8. The molecule has 4 rings (SSSR count). The molecule has 30 heavy (non-hydrogen) atoms. The molecule has 0 fully saturated rings. The number of rotatable bonds is 6. The topological polar surface area (TPSA) is 106 Å². The first kappa shape index (κ1) is 19.6. The molecule has 0 spiro atoms. The maximum atomic E-state index is 12.5. The summed E-state index contributed by atoms with van der Waals surface area (Å²) in [4.78, 5) is 36.1. The van der Waals surface area contributed by atoms with Crippen LogP contribution >= 0.6 is 0 Å². The Kier molecular flexibility index (Phi) is 5.74. The average Bonchev–Trinajstić information content (AvgIpc) is 2.77. The van der Waals surface area contributed by atoms with Gasteiger partial charge >= 0.3 is 0 Å². The summed E-state index contributed by atoms with van der Waals surface area (Å²) in [5.74, 6) is 1.63. The SMILES string of the molecule is Cc1nc(-c2ccccn2)[nH]c(=O)c1CCC(=O)NC[C@H]1COc2ccccc2O1. The number of pyridine rings is 1. The number of amides is 1. The molecule has 0 saturated carbocycles. The largest absolute Gasteiger partial charge is 0.486 e. The Morgan fingerprint density at radius 1 is 1.20 bits per heavy atom. The molecule has 1 amide bonds. The highest BCUT2D eigenvalue weighted by molar-refractivity contribution is 5.76. The fraction of sp³-hybridized carbons (Fsp3) is 0.273. The van der Waals surface area contributed by atoms with Crippen LogP contribution in [-0.2, 0) is 11.2 Å². The molecule has 0 aliphatic carbocycles. The van der Waals surface area contributed by atoms with Gasteiger partial charge in [0, 0.05) is 23.9 Å². The first-order chi connectivity index (χ1) is 14.6. The fourth-order valence-electron chi connectivity index (χ4n) is 3.25. The summed E-state index contributed by atoms with van der Waals surface area (Å²) in [6.07, 6.45) is 1.86. The molecule has 1 aliphatic rings. The fourth-order valence-corrected chi connectivity index (χ4v) is 3.25. The summed E-state index contributed by atoms with van der Waals surface area (Å²) in [7, 11) is 0. The van der Waals surface area contributed by atoms with Gasteiger partial charge in [-0.05, 0) is 37.6 Å². The Labute approximate surface area is 173 Å². The van der Waals surface area contributed by atoms with Gasteiger partial charge in [-0.15, -0.1) is 0 Å². The van der Waals surface area contributed by atoms with E-state index in [1.807, 2.05) is 30.3 Å². The summed E-state index contributed by atoms with van der Waals surface area (Å²) in [6.45, 7) is 2.47. The molecule has 2 N–H and O–H groups in total. The first-order valence-corrected chi connectivity index (χ1v) is 9.76. The third kappa shape index (κ3) is 4.48. The van der Waals surface area contributed by atoms with Gasteiger partial charge in [0.25, 0.3) is 5.56 Å². The molecule has 8 nitrogen and oxygen atoms in total. The third-order valence-corrected chi connectivity index (χ3v) is 4.83. The molecule has 1 aromatic carbocycles. The van der Waals surface area contributed by atoms with Crippen LogP contribution in [0.5, 0.6) is 11.5 Å². The van der Waals surface area contributed by atoms with E-state index < -0.39 is 0 Å². The van der Waals surface area contributed by atoms with Crippen molar-refractivity contribution in [1.82, 2.24) is 20.3 Å². The summed E-state index contributed by atoms with van der Waals surface area (Å²) < 4.78 is 11.5. The number of fused-ring (bicyclic) bond motifs is 1. The van der Waals surface area contributed by atoms with E-state index in [9.17, 15) is 9.59 Å². The number of carbonyl (C=O) groups is 1. The zero-order chi connectivity index (χ0) is 20.9. The van der Waals surface area contributed by atoms with Gasteiger partial charge in [0.15, 0.2) is 17.3 Å². The van der Waals surface area contributed by atoms with Crippen molar-refractivity contribution in [1.29, 1.82) is 0 Å². The molecule has 3 aromatic rings. The second-order valence-corrected chi connectivity index (χ2v) is 7.00. The number of hydrogen-bond donors (Lipinski definition) is 2. The minimum absolute atomic E-state index is 0.162. The summed E-state index contributed by atoms with van der Waals surface area (Å²) >= 11 is 0. The van der Waals surface area contributed by atoms with Crippen LogP contribution in [0, 0.1) is 6.92 Å². The van der Waals surface area contributed by atoms with Crippen molar-refractivity contribution < 1.29 is 14.3 Å². The molecule has 0 bridgehead atoms. The number of para-hydroxylation sites is 2. The molecule has 2 aromatic heterocycles. The quantitative estimate of drug-likeness (QED) is 0.649. The highest BCUT2D eigenvalue weighted by Crippen LogP contribution is 2.30. The van der Waals surface area contributed by atoms with Crippen LogP contribution in [-0.4, -0.2) is 40.1 Å². The van der Waals surface area contributed by atoms with E-state index in [0.29, 0.717) is 53.8 Å². The van der Waals surface area contributed by atoms with Gasteiger partial charge in [-0.25, -0.2) is 4.98 Å². The molecule has 8 heteroatoms. The number of nitrogens with one attached hydrogen (secondary N) is 2. The molecule has 154 valence electrons. The van der Waals surface area contributed by atoms with Crippen molar-refractivity contribution in [3.8, 4) is 23.0 Å². The number of aromatic nitrogens is 3. The lowest BCUT2D eigenvalue weighted by Gasteiger charge is -2.26. The number of ether oxygens (including phenoxy) is 2. The Balaban J connectivity index is 1.31. The number of H-pyrrole nitrogens is 1. The van der Waals surface area contributed by atoms with Gasteiger partial charge in [-0.2, -0.15) is 0 Å². The van der Waals surface area contributed by atoms with Crippen molar-refractivity contribution >= 4 is 5.91 Å². The maximum Gasteiger partial charge on any atom is 0.254 e. The van der Waals surface area contributed by atoms with E-state index in [1.165, 1.54) is 0 Å². The Hall–Kier alpha value is -3.68. The number of hydrogen-bond acceptors (Lipinski definition) is 6. The third-order valence-electron chi connectivity index (χ3n) is 4.83. The second kappa shape index (κ2) is 8.77. The normalized spacial score (nSPS) is 14.9. The predicted molar refractivity (Wildman–Crippen MR) is 111 cm³/mol. The zero-order valence-corrected chi connectivity index (χ0v) is 16.6. The zero-order valence-electron chi connectivity index (χ0n) is 16.6. The van der Waals surface area contributed by atoms with Crippen LogP contribution in [0.15, 0.2) is 53.5 Å². The van der Waals surface area contributed by atoms with Crippen LogP contribution in [0.4, 0.5) is 0 Å². The number of aryl methyl sites for hydroxylation is 1. The van der Waals surface area contributed by atoms with E-state index in [4.69, 9.17) is 9.47 Å². The Bertz CT molecular complexity index is 1100. The standard InChI is InChI=1S/C22H22N4O4/c1-14-16(22(28)26-21(25-14)17-6-4-5-11-23-17)9-10-20(27)24-12-15-13-29-18-7-2-3-8-19(18)30-15/h2-8,11,15H,9-10,12-13H2,1H3,(H,24,27)(H,25,26,28)/t15-/m0/s1. The van der Waals surface area contributed by atoms with Gasteiger partial charge in [-0.3, -0.25) is 14.6 Å². The van der Waals surface area contributed by atoms with Gasteiger partial charge in [-0.1, -0.05) is 18.2 Å². The van der Waals surface area contributed by atoms with Crippen LogP contribution in [0.1, 0.15) is 17.7 Å². The molecular formula is C22H22N4O4. The van der Waals surface area contributed by atoms with Crippen molar-refractivity contribution in [2.24, 2.45) is 0 Å². The van der Waals surface area contributed by atoms with Crippen molar-refractivity contribution in [2.45, 2.75) is 25.9 Å². The van der Waals surface area contributed by atoms with Gasteiger partial charge in [0.2, 0.25) is 5.91 Å². The number of nitrogens with zero attached hydrogens (tertiary/aromatic N) is 2. The summed E-state index contributed by atoms with van der Waals surface area (Å²) in [5, 5.41) is 2.84. The van der Waals surface area contributed by atoms with E-state index in [2.05, 4.69) is 20.3 Å². The van der Waals surface area contributed by atoms with Gasteiger partial charge in [0.05, 0.1) is 6.54 Å². The van der Waals surface area contributed by atoms with E-state index in [1.54, 1.807) is 25.3 Å².